The SMILES string of the molecule is CC(C)(C)CCOc1ccc2c(c1)/C(=N\O)CCC2. The molecule has 104 valence electrons. The first-order valence-corrected chi connectivity index (χ1v) is 6.97. The molecule has 0 bridgehead atoms. The van der Waals surface area contributed by atoms with E-state index in [0.29, 0.717) is 6.61 Å². The Kier molecular flexibility index (Phi) is 4.13. The zero-order valence-corrected chi connectivity index (χ0v) is 12.1. The summed E-state index contributed by atoms with van der Waals surface area (Å²) in [4.78, 5) is 0. The molecule has 0 aliphatic heterocycles. The van der Waals surface area contributed by atoms with Crippen LogP contribution in [0.4, 0.5) is 0 Å². The monoisotopic (exact) mass is 261 g/mol. The van der Waals surface area contributed by atoms with Crippen molar-refractivity contribution in [1.82, 2.24) is 0 Å². The van der Waals surface area contributed by atoms with Crippen molar-refractivity contribution >= 4 is 5.71 Å². The average molecular weight is 261 g/mol. The van der Waals surface area contributed by atoms with Crippen molar-refractivity contribution in [3.05, 3.63) is 29.3 Å². The molecule has 0 fully saturated rings. The van der Waals surface area contributed by atoms with Gasteiger partial charge in [0.2, 0.25) is 0 Å². The molecule has 1 aromatic carbocycles. The van der Waals surface area contributed by atoms with Crippen LogP contribution in [0.15, 0.2) is 23.4 Å². The van der Waals surface area contributed by atoms with Crippen LogP contribution in [0.1, 0.15) is 51.2 Å². The van der Waals surface area contributed by atoms with E-state index in [-0.39, 0.29) is 5.41 Å². The van der Waals surface area contributed by atoms with Crippen molar-refractivity contribution in [1.29, 1.82) is 0 Å². The highest BCUT2D eigenvalue weighted by Gasteiger charge is 2.17. The number of ether oxygens (including phenoxy) is 1. The standard InChI is InChI=1S/C16H23NO2/c1-16(2,3)9-10-19-13-8-7-12-5-4-6-15(17-18)14(12)11-13/h7-8,11,18H,4-6,9-10H2,1-3H3/b17-15-. The fraction of sp³-hybridized carbons (Fsp3) is 0.562. The quantitative estimate of drug-likeness (QED) is 0.659. The molecule has 3 heteroatoms. The molecule has 2 rings (SSSR count). The first-order chi connectivity index (χ1) is 8.99. The lowest BCUT2D eigenvalue weighted by atomic mass is 9.90. The molecule has 19 heavy (non-hydrogen) atoms. The molecule has 1 aliphatic rings. The van der Waals surface area contributed by atoms with Gasteiger partial charge in [0, 0.05) is 5.56 Å². The molecule has 0 aromatic heterocycles. The third-order valence-corrected chi connectivity index (χ3v) is 3.49. The Morgan fingerprint density at radius 1 is 1.26 bits per heavy atom. The predicted molar refractivity (Wildman–Crippen MR) is 77.3 cm³/mol. The number of aryl methyl sites for hydroxylation is 1. The molecule has 0 spiro atoms. The van der Waals surface area contributed by atoms with Gasteiger partial charge in [-0.05, 0) is 48.8 Å². The van der Waals surface area contributed by atoms with Crippen LogP contribution in [0.25, 0.3) is 0 Å². The zero-order chi connectivity index (χ0) is 13.9. The van der Waals surface area contributed by atoms with Gasteiger partial charge >= 0.3 is 0 Å². The summed E-state index contributed by atoms with van der Waals surface area (Å²) in [6, 6.07) is 6.11. The van der Waals surface area contributed by atoms with E-state index in [1.54, 1.807) is 0 Å². The maximum Gasteiger partial charge on any atom is 0.119 e. The number of fused-ring (bicyclic) bond motifs is 1. The molecule has 0 atom stereocenters. The molecule has 0 heterocycles. The van der Waals surface area contributed by atoms with Crippen LogP contribution in [0.2, 0.25) is 0 Å². The van der Waals surface area contributed by atoms with Crippen LogP contribution in [0, 0.1) is 5.41 Å². The summed E-state index contributed by atoms with van der Waals surface area (Å²) in [7, 11) is 0. The van der Waals surface area contributed by atoms with E-state index in [4.69, 9.17) is 9.94 Å². The van der Waals surface area contributed by atoms with Crippen molar-refractivity contribution in [2.24, 2.45) is 10.6 Å². The number of hydrogen-bond donors (Lipinski definition) is 1. The summed E-state index contributed by atoms with van der Waals surface area (Å²) in [5.41, 5.74) is 3.36. The number of nitrogens with zero attached hydrogens (tertiary/aromatic N) is 1. The molecule has 1 aliphatic carbocycles. The minimum absolute atomic E-state index is 0.284. The van der Waals surface area contributed by atoms with Crippen molar-refractivity contribution in [2.75, 3.05) is 6.61 Å². The van der Waals surface area contributed by atoms with Crippen molar-refractivity contribution in [3.63, 3.8) is 0 Å². The van der Waals surface area contributed by atoms with Gasteiger partial charge in [-0.3, -0.25) is 0 Å². The van der Waals surface area contributed by atoms with Gasteiger partial charge in [-0.1, -0.05) is 32.0 Å². The molecule has 0 unspecified atom stereocenters. The van der Waals surface area contributed by atoms with Gasteiger partial charge in [0.1, 0.15) is 5.75 Å². The molecule has 3 nitrogen and oxygen atoms in total. The van der Waals surface area contributed by atoms with Gasteiger partial charge < -0.3 is 9.94 Å². The summed E-state index contributed by atoms with van der Waals surface area (Å²) in [6.45, 7) is 7.34. The van der Waals surface area contributed by atoms with Crippen LogP contribution in [-0.4, -0.2) is 17.5 Å². The van der Waals surface area contributed by atoms with Crippen LogP contribution < -0.4 is 4.74 Å². The Bertz CT molecular complexity index is 472. The van der Waals surface area contributed by atoms with Gasteiger partial charge in [0.25, 0.3) is 0 Å². The molecular formula is C16H23NO2. The number of benzene rings is 1. The minimum atomic E-state index is 0.284. The summed E-state index contributed by atoms with van der Waals surface area (Å²) in [5, 5.41) is 12.5. The Hall–Kier alpha value is -1.51. The molecule has 1 N–H and O–H groups in total. The Morgan fingerprint density at radius 2 is 2.05 bits per heavy atom. The van der Waals surface area contributed by atoms with Gasteiger partial charge in [0.15, 0.2) is 0 Å². The molecule has 0 saturated carbocycles. The number of hydrogen-bond acceptors (Lipinski definition) is 3. The topological polar surface area (TPSA) is 41.8 Å². The smallest absolute Gasteiger partial charge is 0.119 e. The lowest BCUT2D eigenvalue weighted by Gasteiger charge is -2.20. The van der Waals surface area contributed by atoms with Crippen LogP contribution in [0.5, 0.6) is 5.75 Å². The predicted octanol–water partition coefficient (Wildman–Crippen LogP) is 4.02. The third kappa shape index (κ3) is 3.72. The molecule has 0 amide bonds. The average Bonchev–Trinajstić information content (AvgIpc) is 2.36. The largest absolute Gasteiger partial charge is 0.494 e. The van der Waals surface area contributed by atoms with Gasteiger partial charge in [-0.2, -0.15) is 0 Å². The minimum Gasteiger partial charge on any atom is -0.494 e. The second-order valence-corrected chi connectivity index (χ2v) is 6.38. The Labute approximate surface area is 115 Å². The van der Waals surface area contributed by atoms with Gasteiger partial charge in [0.05, 0.1) is 12.3 Å². The molecule has 0 saturated heterocycles. The second kappa shape index (κ2) is 5.64. The highest BCUT2D eigenvalue weighted by molar-refractivity contribution is 6.02. The lowest BCUT2D eigenvalue weighted by molar-refractivity contribution is 0.243. The second-order valence-electron chi connectivity index (χ2n) is 6.38. The van der Waals surface area contributed by atoms with Crippen molar-refractivity contribution in [3.8, 4) is 5.75 Å². The molecular weight excluding hydrogens is 238 g/mol. The van der Waals surface area contributed by atoms with Crippen molar-refractivity contribution < 1.29 is 9.94 Å². The zero-order valence-electron chi connectivity index (χ0n) is 12.1. The maximum absolute atomic E-state index is 9.06. The normalized spacial score (nSPS) is 17.3. The van der Waals surface area contributed by atoms with E-state index < -0.39 is 0 Å². The van der Waals surface area contributed by atoms with Gasteiger partial charge in [-0.25, -0.2) is 0 Å². The fourth-order valence-electron chi connectivity index (χ4n) is 2.29. The van der Waals surface area contributed by atoms with Gasteiger partial charge in [-0.15, -0.1) is 0 Å². The van der Waals surface area contributed by atoms with E-state index in [0.717, 1.165) is 42.7 Å². The first-order valence-electron chi connectivity index (χ1n) is 6.97. The third-order valence-electron chi connectivity index (χ3n) is 3.49. The van der Waals surface area contributed by atoms with E-state index in [1.807, 2.05) is 12.1 Å². The van der Waals surface area contributed by atoms with Crippen LogP contribution in [0.3, 0.4) is 0 Å². The van der Waals surface area contributed by atoms with Crippen LogP contribution >= 0.6 is 0 Å². The van der Waals surface area contributed by atoms with Crippen LogP contribution in [-0.2, 0) is 6.42 Å². The maximum atomic E-state index is 9.06. The van der Waals surface area contributed by atoms with Crippen molar-refractivity contribution in [2.45, 2.75) is 46.5 Å². The summed E-state index contributed by atoms with van der Waals surface area (Å²) in [5.74, 6) is 0.867. The summed E-state index contributed by atoms with van der Waals surface area (Å²) < 4.78 is 5.80. The Balaban J connectivity index is 2.08. The fourth-order valence-corrected chi connectivity index (χ4v) is 2.29. The first kappa shape index (κ1) is 13.9. The van der Waals surface area contributed by atoms with E-state index in [9.17, 15) is 0 Å². The summed E-state index contributed by atoms with van der Waals surface area (Å²) >= 11 is 0. The molecule has 1 aromatic rings. The highest BCUT2D eigenvalue weighted by atomic mass is 16.5. The number of rotatable bonds is 3. The van der Waals surface area contributed by atoms with E-state index >= 15 is 0 Å². The van der Waals surface area contributed by atoms with E-state index in [2.05, 4.69) is 32.0 Å². The molecule has 0 radical (unpaired) electrons. The highest BCUT2D eigenvalue weighted by Crippen LogP contribution is 2.26. The lowest BCUT2D eigenvalue weighted by Crippen LogP contribution is -2.13. The number of oxime groups is 1. The van der Waals surface area contributed by atoms with E-state index in [1.165, 1.54) is 5.56 Å². The summed E-state index contributed by atoms with van der Waals surface area (Å²) in [6.07, 6.45) is 3.97. The Morgan fingerprint density at radius 3 is 2.74 bits per heavy atom.